The van der Waals surface area contributed by atoms with E-state index in [1.165, 1.54) is 29.2 Å². The highest BCUT2D eigenvalue weighted by Gasteiger charge is 2.35. The summed E-state index contributed by atoms with van der Waals surface area (Å²) in [5.74, 6) is -0.818. The Hall–Kier alpha value is -2.78. The number of carbonyl (C=O) groups is 2. The number of hydrogen-bond acceptors (Lipinski definition) is 4. The summed E-state index contributed by atoms with van der Waals surface area (Å²) in [5, 5.41) is 4.27. The highest BCUT2D eigenvalue weighted by molar-refractivity contribution is 7.92. The Kier molecular flexibility index (Phi) is 10.8. The third kappa shape index (κ3) is 7.59. The second-order valence-corrected chi connectivity index (χ2v) is 13.6. The molecule has 0 aliphatic heterocycles. The molecule has 3 aromatic carbocycles. The van der Waals surface area contributed by atoms with E-state index in [1.807, 2.05) is 6.92 Å². The summed E-state index contributed by atoms with van der Waals surface area (Å²) in [7, 11) is -4.20. The van der Waals surface area contributed by atoms with Crippen molar-refractivity contribution < 1.29 is 18.0 Å². The Balaban J connectivity index is 1.74. The molecule has 0 radical (unpaired) electrons. The summed E-state index contributed by atoms with van der Waals surface area (Å²) in [4.78, 5) is 29.2. The lowest BCUT2D eigenvalue weighted by Crippen LogP contribution is -2.53. The van der Waals surface area contributed by atoms with Crippen LogP contribution in [0.25, 0.3) is 0 Å². The molecule has 0 aromatic heterocycles. The van der Waals surface area contributed by atoms with Crippen molar-refractivity contribution in [1.29, 1.82) is 0 Å². The minimum absolute atomic E-state index is 0.00592. The number of sulfonamides is 1. The van der Waals surface area contributed by atoms with Gasteiger partial charge < -0.3 is 10.2 Å². The van der Waals surface area contributed by atoms with Crippen LogP contribution in [0.1, 0.15) is 50.2 Å². The van der Waals surface area contributed by atoms with Crippen molar-refractivity contribution in [2.24, 2.45) is 0 Å². The average molecular weight is 651 g/mol. The van der Waals surface area contributed by atoms with Crippen molar-refractivity contribution in [2.45, 2.75) is 69.5 Å². The first-order chi connectivity index (χ1) is 20.0. The summed E-state index contributed by atoms with van der Waals surface area (Å²) < 4.78 is 29.1. The fourth-order valence-corrected chi connectivity index (χ4v) is 7.28. The van der Waals surface area contributed by atoms with Gasteiger partial charge in [0.1, 0.15) is 12.6 Å². The third-order valence-electron chi connectivity index (χ3n) is 7.51. The van der Waals surface area contributed by atoms with Crippen LogP contribution in [0.5, 0.6) is 0 Å². The molecule has 0 heterocycles. The van der Waals surface area contributed by atoms with Crippen molar-refractivity contribution in [3.63, 3.8) is 0 Å². The summed E-state index contributed by atoms with van der Waals surface area (Å²) in [6.45, 7) is 3.06. The SMILES string of the molecule is CC[C@@H](C(=O)NC1CCCC1)N(Cc1ccc(Cl)cc1Cl)C(=O)CN(c1ccccc1C)S(=O)(=O)c1ccc(Cl)cc1. The smallest absolute Gasteiger partial charge is 0.264 e. The molecular weight excluding hydrogens is 617 g/mol. The zero-order chi connectivity index (χ0) is 30.4. The van der Waals surface area contributed by atoms with E-state index in [4.69, 9.17) is 34.8 Å². The number of nitrogens with zero attached hydrogens (tertiary/aromatic N) is 2. The molecule has 2 amide bonds. The maximum Gasteiger partial charge on any atom is 0.264 e. The summed E-state index contributed by atoms with van der Waals surface area (Å²) >= 11 is 18.6. The number of rotatable bonds is 11. The van der Waals surface area contributed by atoms with Gasteiger partial charge in [-0.05, 0) is 79.8 Å². The molecule has 224 valence electrons. The van der Waals surface area contributed by atoms with Gasteiger partial charge in [-0.3, -0.25) is 13.9 Å². The number of para-hydroxylation sites is 1. The van der Waals surface area contributed by atoms with Crippen LogP contribution in [-0.2, 0) is 26.2 Å². The molecule has 0 bridgehead atoms. The van der Waals surface area contributed by atoms with Gasteiger partial charge in [0.25, 0.3) is 10.0 Å². The molecule has 1 aliphatic carbocycles. The summed E-state index contributed by atoms with van der Waals surface area (Å²) in [5.41, 5.74) is 1.61. The van der Waals surface area contributed by atoms with Crippen molar-refractivity contribution in [1.82, 2.24) is 10.2 Å². The van der Waals surface area contributed by atoms with E-state index in [0.29, 0.717) is 38.3 Å². The minimum atomic E-state index is -4.20. The van der Waals surface area contributed by atoms with E-state index in [1.54, 1.807) is 49.4 Å². The molecule has 42 heavy (non-hydrogen) atoms. The van der Waals surface area contributed by atoms with E-state index in [-0.39, 0.29) is 23.4 Å². The largest absolute Gasteiger partial charge is 0.352 e. The second-order valence-electron chi connectivity index (χ2n) is 10.4. The molecule has 1 atom stereocenters. The van der Waals surface area contributed by atoms with Gasteiger partial charge in [0.2, 0.25) is 11.8 Å². The van der Waals surface area contributed by atoms with Gasteiger partial charge in [-0.2, -0.15) is 0 Å². The molecule has 1 aliphatic rings. The molecule has 1 N–H and O–H groups in total. The van der Waals surface area contributed by atoms with Crippen LogP contribution in [0, 0.1) is 6.92 Å². The second kappa shape index (κ2) is 14.1. The highest BCUT2D eigenvalue weighted by Crippen LogP contribution is 2.29. The van der Waals surface area contributed by atoms with E-state index in [0.717, 1.165) is 30.0 Å². The number of anilines is 1. The Bertz CT molecular complexity index is 1530. The predicted octanol–water partition coefficient (Wildman–Crippen LogP) is 7.02. The van der Waals surface area contributed by atoms with Gasteiger partial charge in [0, 0.05) is 27.7 Å². The maximum atomic E-state index is 14.2. The average Bonchev–Trinajstić information content (AvgIpc) is 3.46. The Morgan fingerprint density at radius 2 is 1.60 bits per heavy atom. The molecule has 4 rings (SSSR count). The van der Waals surface area contributed by atoms with E-state index >= 15 is 0 Å². The molecule has 11 heteroatoms. The number of nitrogens with one attached hydrogen (secondary N) is 1. The highest BCUT2D eigenvalue weighted by atomic mass is 35.5. The molecule has 7 nitrogen and oxygen atoms in total. The van der Waals surface area contributed by atoms with Gasteiger partial charge in [-0.1, -0.05) is 78.8 Å². The molecule has 0 spiro atoms. The van der Waals surface area contributed by atoms with Crippen LogP contribution in [0.15, 0.2) is 71.6 Å². The molecule has 0 saturated heterocycles. The normalized spacial score (nSPS) is 14.4. The first kappa shape index (κ1) is 32.1. The van der Waals surface area contributed by atoms with Gasteiger partial charge in [0.05, 0.1) is 10.6 Å². The molecular formula is C31H34Cl3N3O4S. The third-order valence-corrected chi connectivity index (χ3v) is 10.1. The lowest BCUT2D eigenvalue weighted by Gasteiger charge is -2.34. The molecule has 0 unspecified atom stereocenters. The Morgan fingerprint density at radius 3 is 2.21 bits per heavy atom. The van der Waals surface area contributed by atoms with Crippen molar-refractivity contribution >= 4 is 62.3 Å². The first-order valence-corrected chi connectivity index (χ1v) is 16.5. The predicted molar refractivity (Wildman–Crippen MR) is 169 cm³/mol. The standard InChI is InChI=1S/C31H34Cl3N3O4S/c1-3-28(31(39)35-25-9-5-6-10-25)36(19-22-12-13-24(33)18-27(22)34)30(38)20-37(29-11-7-4-8-21(29)2)42(40,41)26-16-14-23(32)15-17-26/h4,7-8,11-18,25,28H,3,5-6,9-10,19-20H2,1-2H3,(H,35,39)/t28-/m0/s1. The van der Waals surface area contributed by atoms with Crippen LogP contribution >= 0.6 is 34.8 Å². The first-order valence-electron chi connectivity index (χ1n) is 13.9. The van der Waals surface area contributed by atoms with Crippen molar-refractivity contribution in [3.8, 4) is 0 Å². The van der Waals surface area contributed by atoms with Crippen LogP contribution < -0.4 is 9.62 Å². The van der Waals surface area contributed by atoms with Gasteiger partial charge in [-0.25, -0.2) is 8.42 Å². The zero-order valence-corrected chi connectivity index (χ0v) is 26.6. The van der Waals surface area contributed by atoms with Crippen molar-refractivity contribution in [2.75, 3.05) is 10.8 Å². The number of benzene rings is 3. The molecule has 3 aromatic rings. The van der Waals surface area contributed by atoms with E-state index < -0.39 is 28.5 Å². The topological polar surface area (TPSA) is 86.8 Å². The van der Waals surface area contributed by atoms with Crippen molar-refractivity contribution in [3.05, 3.63) is 92.9 Å². The van der Waals surface area contributed by atoms with Crippen LogP contribution in [0.3, 0.4) is 0 Å². The summed E-state index contributed by atoms with van der Waals surface area (Å²) in [6, 6.07) is 16.9. The fourth-order valence-electron chi connectivity index (χ4n) is 5.21. The minimum Gasteiger partial charge on any atom is -0.352 e. The number of carbonyl (C=O) groups excluding carboxylic acids is 2. The van der Waals surface area contributed by atoms with Crippen LogP contribution in [0.4, 0.5) is 5.69 Å². The quantitative estimate of drug-likeness (QED) is 0.242. The lowest BCUT2D eigenvalue weighted by atomic mass is 10.1. The van der Waals surface area contributed by atoms with Gasteiger partial charge in [0.15, 0.2) is 0 Å². The number of aryl methyl sites for hydroxylation is 1. The number of hydrogen-bond donors (Lipinski definition) is 1. The monoisotopic (exact) mass is 649 g/mol. The van der Waals surface area contributed by atoms with Gasteiger partial charge in [-0.15, -0.1) is 0 Å². The van der Waals surface area contributed by atoms with E-state index in [2.05, 4.69) is 5.32 Å². The van der Waals surface area contributed by atoms with E-state index in [9.17, 15) is 18.0 Å². The Morgan fingerprint density at radius 1 is 0.952 bits per heavy atom. The Labute approximate surface area is 262 Å². The van der Waals surface area contributed by atoms with Crippen LogP contribution in [0.2, 0.25) is 15.1 Å². The molecule has 1 saturated carbocycles. The lowest BCUT2D eigenvalue weighted by molar-refractivity contribution is -0.140. The van der Waals surface area contributed by atoms with Crippen LogP contribution in [-0.4, -0.2) is 43.8 Å². The number of halogens is 3. The number of amides is 2. The molecule has 1 fully saturated rings. The zero-order valence-electron chi connectivity index (χ0n) is 23.5. The summed E-state index contributed by atoms with van der Waals surface area (Å²) in [6.07, 6.45) is 4.18. The maximum absolute atomic E-state index is 14.2. The van der Waals surface area contributed by atoms with Gasteiger partial charge >= 0.3 is 0 Å². The fraction of sp³-hybridized carbons (Fsp3) is 0.355.